The fourth-order valence-electron chi connectivity index (χ4n) is 3.77. The summed E-state index contributed by atoms with van der Waals surface area (Å²) in [4.78, 5) is 24.5. The minimum absolute atomic E-state index is 0.0643. The zero-order valence-electron chi connectivity index (χ0n) is 18.8. The standard InChI is InChI=1S/C27H28N4O2/c1-20-24(19-31(30-20)25-11-3-2-4-12-25)10-7-16-28-26(32)15-17-29-27(33)23-14-13-21-8-5-6-9-22(21)18-23/h2-6,8-9,11-14,18-19H,7,10,15-17H2,1H3,(H,28,32)(H,29,33). The van der Waals surface area contributed by atoms with Gasteiger partial charge in [0.05, 0.1) is 11.4 Å². The van der Waals surface area contributed by atoms with E-state index in [2.05, 4.69) is 21.9 Å². The van der Waals surface area contributed by atoms with Crippen LogP contribution in [0.15, 0.2) is 79.0 Å². The lowest BCUT2D eigenvalue weighted by atomic mass is 10.1. The number of rotatable bonds is 9. The lowest BCUT2D eigenvalue weighted by Crippen LogP contribution is -2.31. The number of hydrogen-bond acceptors (Lipinski definition) is 3. The average molecular weight is 441 g/mol. The first kappa shape index (κ1) is 22.3. The zero-order chi connectivity index (χ0) is 23.0. The van der Waals surface area contributed by atoms with Crippen LogP contribution < -0.4 is 10.6 Å². The van der Waals surface area contributed by atoms with Crippen molar-refractivity contribution in [2.24, 2.45) is 0 Å². The first-order valence-corrected chi connectivity index (χ1v) is 11.2. The molecule has 0 aliphatic heterocycles. The summed E-state index contributed by atoms with van der Waals surface area (Å²) in [7, 11) is 0. The van der Waals surface area contributed by atoms with Gasteiger partial charge in [-0.25, -0.2) is 4.68 Å². The van der Waals surface area contributed by atoms with Crippen molar-refractivity contribution in [1.82, 2.24) is 20.4 Å². The molecule has 3 aromatic carbocycles. The van der Waals surface area contributed by atoms with Crippen molar-refractivity contribution in [3.8, 4) is 5.69 Å². The van der Waals surface area contributed by atoms with Crippen molar-refractivity contribution in [2.75, 3.05) is 13.1 Å². The predicted octanol–water partition coefficient (Wildman–Crippen LogP) is 4.20. The fraction of sp³-hybridized carbons (Fsp3) is 0.222. The van der Waals surface area contributed by atoms with E-state index in [0.29, 0.717) is 18.7 Å². The van der Waals surface area contributed by atoms with Gasteiger partial charge in [0.1, 0.15) is 0 Å². The monoisotopic (exact) mass is 440 g/mol. The van der Waals surface area contributed by atoms with Gasteiger partial charge in [-0.1, -0.05) is 48.5 Å². The normalized spacial score (nSPS) is 10.8. The third-order valence-electron chi connectivity index (χ3n) is 5.62. The molecule has 0 aliphatic carbocycles. The Morgan fingerprint density at radius 1 is 0.879 bits per heavy atom. The number of benzene rings is 3. The highest BCUT2D eigenvalue weighted by atomic mass is 16.2. The first-order valence-electron chi connectivity index (χ1n) is 11.2. The number of aryl methyl sites for hydroxylation is 2. The molecule has 0 spiro atoms. The van der Waals surface area contributed by atoms with Crippen molar-refractivity contribution < 1.29 is 9.59 Å². The van der Waals surface area contributed by atoms with Gasteiger partial charge in [0, 0.05) is 31.3 Å². The third-order valence-corrected chi connectivity index (χ3v) is 5.62. The van der Waals surface area contributed by atoms with Crippen LogP contribution in [0.4, 0.5) is 0 Å². The maximum Gasteiger partial charge on any atom is 0.251 e. The molecule has 1 heterocycles. The molecule has 6 nitrogen and oxygen atoms in total. The summed E-state index contributed by atoms with van der Waals surface area (Å²) in [6.45, 7) is 2.90. The van der Waals surface area contributed by atoms with Crippen molar-refractivity contribution >= 4 is 22.6 Å². The minimum Gasteiger partial charge on any atom is -0.356 e. The van der Waals surface area contributed by atoms with Gasteiger partial charge in [0.25, 0.3) is 5.91 Å². The van der Waals surface area contributed by atoms with E-state index < -0.39 is 0 Å². The molecule has 0 bridgehead atoms. The summed E-state index contributed by atoms with van der Waals surface area (Å²) < 4.78 is 1.89. The van der Waals surface area contributed by atoms with Gasteiger partial charge in [-0.05, 0) is 60.4 Å². The summed E-state index contributed by atoms with van der Waals surface area (Å²) in [6.07, 6.45) is 3.98. The van der Waals surface area contributed by atoms with E-state index in [1.807, 2.05) is 78.3 Å². The van der Waals surface area contributed by atoms with E-state index in [-0.39, 0.29) is 18.2 Å². The number of carbonyl (C=O) groups excluding carboxylic acids is 2. The highest BCUT2D eigenvalue weighted by Gasteiger charge is 2.09. The van der Waals surface area contributed by atoms with Gasteiger partial charge in [-0.3, -0.25) is 9.59 Å². The van der Waals surface area contributed by atoms with Gasteiger partial charge in [-0.2, -0.15) is 5.10 Å². The van der Waals surface area contributed by atoms with E-state index in [0.717, 1.165) is 35.0 Å². The number of fused-ring (bicyclic) bond motifs is 1. The smallest absolute Gasteiger partial charge is 0.251 e. The van der Waals surface area contributed by atoms with Crippen LogP contribution >= 0.6 is 0 Å². The molecule has 0 atom stereocenters. The molecule has 168 valence electrons. The molecule has 0 aliphatic rings. The van der Waals surface area contributed by atoms with Crippen molar-refractivity contribution in [1.29, 1.82) is 0 Å². The second-order valence-corrected chi connectivity index (χ2v) is 8.04. The van der Waals surface area contributed by atoms with E-state index in [4.69, 9.17) is 0 Å². The Labute approximate surface area is 193 Å². The lowest BCUT2D eigenvalue weighted by Gasteiger charge is -2.07. The lowest BCUT2D eigenvalue weighted by molar-refractivity contribution is -0.120. The molecule has 4 rings (SSSR count). The Morgan fingerprint density at radius 2 is 1.64 bits per heavy atom. The van der Waals surface area contributed by atoms with Crippen LogP contribution in [-0.4, -0.2) is 34.7 Å². The first-order chi connectivity index (χ1) is 16.1. The Balaban J connectivity index is 1.16. The Bertz CT molecular complexity index is 1250. The summed E-state index contributed by atoms with van der Waals surface area (Å²) in [5.74, 6) is -0.232. The van der Waals surface area contributed by atoms with E-state index in [1.165, 1.54) is 5.56 Å². The van der Waals surface area contributed by atoms with Crippen LogP contribution in [0.25, 0.3) is 16.5 Å². The van der Waals surface area contributed by atoms with Crippen LogP contribution in [0.2, 0.25) is 0 Å². The molecule has 2 N–H and O–H groups in total. The quantitative estimate of drug-likeness (QED) is 0.383. The maximum absolute atomic E-state index is 12.4. The second-order valence-electron chi connectivity index (χ2n) is 8.04. The largest absolute Gasteiger partial charge is 0.356 e. The molecule has 0 unspecified atom stereocenters. The molecule has 0 saturated carbocycles. The Hall–Kier alpha value is -3.93. The summed E-state index contributed by atoms with van der Waals surface area (Å²) >= 11 is 0. The Kier molecular flexibility index (Phi) is 7.15. The van der Waals surface area contributed by atoms with Crippen LogP contribution in [0, 0.1) is 6.92 Å². The van der Waals surface area contributed by atoms with Gasteiger partial charge < -0.3 is 10.6 Å². The van der Waals surface area contributed by atoms with Gasteiger partial charge in [0.2, 0.25) is 5.91 Å². The second kappa shape index (κ2) is 10.6. The highest BCUT2D eigenvalue weighted by Crippen LogP contribution is 2.16. The molecular formula is C27H28N4O2. The van der Waals surface area contributed by atoms with E-state index >= 15 is 0 Å². The average Bonchev–Trinajstić information content (AvgIpc) is 3.22. The summed E-state index contributed by atoms with van der Waals surface area (Å²) in [5.41, 5.74) is 3.81. The number of para-hydroxylation sites is 1. The SMILES string of the molecule is Cc1nn(-c2ccccc2)cc1CCCNC(=O)CCNC(=O)c1ccc2ccccc2c1. The molecule has 33 heavy (non-hydrogen) atoms. The maximum atomic E-state index is 12.4. The number of aromatic nitrogens is 2. The molecule has 1 aromatic heterocycles. The third kappa shape index (κ3) is 5.86. The highest BCUT2D eigenvalue weighted by molar-refractivity contribution is 5.98. The number of nitrogens with one attached hydrogen (secondary N) is 2. The van der Waals surface area contributed by atoms with Gasteiger partial charge in [0.15, 0.2) is 0 Å². The van der Waals surface area contributed by atoms with Gasteiger partial charge in [-0.15, -0.1) is 0 Å². The van der Waals surface area contributed by atoms with Gasteiger partial charge >= 0.3 is 0 Å². The van der Waals surface area contributed by atoms with Crippen molar-refractivity contribution in [3.05, 3.63) is 95.8 Å². The summed E-state index contributed by atoms with van der Waals surface area (Å²) in [5, 5.41) is 12.5. The molecule has 0 fully saturated rings. The predicted molar refractivity (Wildman–Crippen MR) is 131 cm³/mol. The fourth-order valence-corrected chi connectivity index (χ4v) is 3.77. The van der Waals surface area contributed by atoms with Crippen LogP contribution in [0.1, 0.15) is 34.5 Å². The van der Waals surface area contributed by atoms with E-state index in [9.17, 15) is 9.59 Å². The number of carbonyl (C=O) groups is 2. The molecule has 2 amide bonds. The number of hydrogen-bond donors (Lipinski definition) is 2. The molecule has 0 saturated heterocycles. The Morgan fingerprint density at radius 3 is 2.45 bits per heavy atom. The van der Waals surface area contributed by atoms with Crippen molar-refractivity contribution in [2.45, 2.75) is 26.2 Å². The van der Waals surface area contributed by atoms with Crippen LogP contribution in [0.5, 0.6) is 0 Å². The molecular weight excluding hydrogens is 412 g/mol. The number of nitrogens with zero attached hydrogens (tertiary/aromatic N) is 2. The van der Waals surface area contributed by atoms with E-state index in [1.54, 1.807) is 6.07 Å². The van der Waals surface area contributed by atoms with Crippen LogP contribution in [-0.2, 0) is 11.2 Å². The zero-order valence-corrected chi connectivity index (χ0v) is 18.8. The molecule has 6 heteroatoms. The molecule has 4 aromatic rings. The number of amides is 2. The van der Waals surface area contributed by atoms with Crippen LogP contribution in [0.3, 0.4) is 0 Å². The molecule has 0 radical (unpaired) electrons. The topological polar surface area (TPSA) is 76.0 Å². The minimum atomic E-state index is -0.167. The van der Waals surface area contributed by atoms with Crippen molar-refractivity contribution in [3.63, 3.8) is 0 Å². The summed E-state index contributed by atoms with van der Waals surface area (Å²) in [6, 6.07) is 23.5.